The minimum atomic E-state index is 0.247. The minimum absolute atomic E-state index is 0.247. The van der Waals surface area contributed by atoms with Gasteiger partial charge in [0, 0.05) is 17.9 Å². The van der Waals surface area contributed by atoms with Gasteiger partial charge in [-0.3, -0.25) is 4.79 Å². The molecule has 1 aromatic rings. The molecule has 1 aromatic carbocycles. The summed E-state index contributed by atoms with van der Waals surface area (Å²) in [7, 11) is 0. The van der Waals surface area contributed by atoms with Crippen molar-refractivity contribution in [2.24, 2.45) is 17.8 Å². The van der Waals surface area contributed by atoms with Gasteiger partial charge in [0.1, 0.15) is 0 Å². The fraction of sp³-hybridized carbons (Fsp3) is 0.611. The summed E-state index contributed by atoms with van der Waals surface area (Å²) in [5.41, 5.74) is 1.64. The van der Waals surface area contributed by atoms with Gasteiger partial charge in [-0.2, -0.15) is 0 Å². The number of benzene rings is 1. The lowest BCUT2D eigenvalue weighted by Crippen LogP contribution is -2.33. The Morgan fingerprint density at radius 2 is 1.75 bits per heavy atom. The van der Waals surface area contributed by atoms with Crippen molar-refractivity contribution in [1.29, 1.82) is 0 Å². The summed E-state index contributed by atoms with van der Waals surface area (Å²) in [5.74, 6) is 2.12. The van der Waals surface area contributed by atoms with Crippen LogP contribution in [0.4, 0.5) is 0 Å². The van der Waals surface area contributed by atoms with E-state index >= 15 is 0 Å². The summed E-state index contributed by atoms with van der Waals surface area (Å²) in [5, 5.41) is 3.26. The van der Waals surface area contributed by atoms with Gasteiger partial charge < -0.3 is 5.32 Å². The predicted octanol–water partition coefficient (Wildman–Crippen LogP) is 3.27. The lowest BCUT2D eigenvalue weighted by molar-refractivity contribution is -0.123. The third kappa shape index (κ3) is 2.06. The van der Waals surface area contributed by atoms with Crippen molar-refractivity contribution in [2.75, 3.05) is 6.54 Å². The van der Waals surface area contributed by atoms with Crippen LogP contribution in [0.15, 0.2) is 30.3 Å². The molecule has 3 aliphatic rings. The van der Waals surface area contributed by atoms with Crippen LogP contribution in [-0.4, -0.2) is 12.5 Å². The molecule has 2 nitrogen and oxygen atoms in total. The third-order valence-corrected chi connectivity index (χ3v) is 5.80. The van der Waals surface area contributed by atoms with Crippen molar-refractivity contribution in [1.82, 2.24) is 5.32 Å². The molecule has 0 aliphatic heterocycles. The quantitative estimate of drug-likeness (QED) is 0.893. The van der Waals surface area contributed by atoms with Gasteiger partial charge in [0.2, 0.25) is 5.91 Å². The number of carbonyl (C=O) groups excluding carboxylic acids is 1. The van der Waals surface area contributed by atoms with E-state index in [4.69, 9.17) is 0 Å². The van der Waals surface area contributed by atoms with Crippen molar-refractivity contribution in [3.05, 3.63) is 35.9 Å². The maximum atomic E-state index is 12.4. The third-order valence-electron chi connectivity index (χ3n) is 5.80. The number of carbonyl (C=O) groups is 1. The van der Waals surface area contributed by atoms with E-state index in [9.17, 15) is 4.79 Å². The number of nitrogens with one attached hydrogen (secondary N) is 1. The average Bonchev–Trinajstić information content (AvgIpc) is 3.40. The van der Waals surface area contributed by atoms with E-state index in [1.165, 1.54) is 44.1 Å². The number of hydrogen-bond donors (Lipinski definition) is 1. The second-order valence-electron chi connectivity index (χ2n) is 7.00. The first-order chi connectivity index (χ1) is 9.80. The van der Waals surface area contributed by atoms with E-state index in [-0.39, 0.29) is 5.41 Å². The van der Waals surface area contributed by atoms with Crippen LogP contribution in [0.5, 0.6) is 0 Å². The Morgan fingerprint density at radius 1 is 1.10 bits per heavy atom. The smallest absolute Gasteiger partial charge is 0.223 e. The Hall–Kier alpha value is -1.31. The molecule has 2 heteroatoms. The SMILES string of the molecule is O=C(NCC1(c2ccccc2)CC1)C1[C@@H]2CCCC[C@@H]12. The lowest BCUT2D eigenvalue weighted by atomic mass is 9.96. The topological polar surface area (TPSA) is 29.1 Å². The average molecular weight is 269 g/mol. The maximum Gasteiger partial charge on any atom is 0.223 e. The van der Waals surface area contributed by atoms with Gasteiger partial charge in [0.25, 0.3) is 0 Å². The Morgan fingerprint density at radius 3 is 2.35 bits per heavy atom. The highest BCUT2D eigenvalue weighted by atomic mass is 16.2. The van der Waals surface area contributed by atoms with Crippen LogP contribution < -0.4 is 5.32 Å². The van der Waals surface area contributed by atoms with Gasteiger partial charge in [0.15, 0.2) is 0 Å². The van der Waals surface area contributed by atoms with Gasteiger partial charge in [0.05, 0.1) is 0 Å². The van der Waals surface area contributed by atoms with Gasteiger partial charge in [-0.25, -0.2) is 0 Å². The molecule has 0 spiro atoms. The van der Waals surface area contributed by atoms with Gasteiger partial charge >= 0.3 is 0 Å². The molecule has 106 valence electrons. The summed E-state index contributed by atoms with van der Waals surface area (Å²) in [6, 6.07) is 10.7. The molecule has 1 N–H and O–H groups in total. The van der Waals surface area contributed by atoms with Crippen LogP contribution >= 0.6 is 0 Å². The molecule has 3 fully saturated rings. The Kier molecular flexibility index (Phi) is 2.87. The normalized spacial score (nSPS) is 33.1. The van der Waals surface area contributed by atoms with Crippen molar-refractivity contribution >= 4 is 5.91 Å². The molecule has 0 heterocycles. The monoisotopic (exact) mass is 269 g/mol. The van der Waals surface area contributed by atoms with Crippen LogP contribution in [0.2, 0.25) is 0 Å². The molecule has 3 saturated carbocycles. The molecule has 0 unspecified atom stereocenters. The minimum Gasteiger partial charge on any atom is -0.355 e. The van der Waals surface area contributed by atoms with Gasteiger partial charge in [-0.05, 0) is 43.1 Å². The lowest BCUT2D eigenvalue weighted by Gasteiger charge is -2.16. The summed E-state index contributed by atoms with van der Waals surface area (Å²) in [6.07, 6.45) is 7.67. The highest BCUT2D eigenvalue weighted by molar-refractivity contribution is 5.82. The van der Waals surface area contributed by atoms with Crippen molar-refractivity contribution in [2.45, 2.75) is 43.9 Å². The van der Waals surface area contributed by atoms with Crippen LogP contribution in [-0.2, 0) is 10.2 Å². The number of hydrogen-bond acceptors (Lipinski definition) is 1. The van der Waals surface area contributed by atoms with Crippen LogP contribution in [0.25, 0.3) is 0 Å². The van der Waals surface area contributed by atoms with E-state index in [2.05, 4.69) is 35.6 Å². The van der Waals surface area contributed by atoms with Gasteiger partial charge in [-0.1, -0.05) is 43.2 Å². The molecule has 1 amide bonds. The highest BCUT2D eigenvalue weighted by Gasteiger charge is 2.55. The molecule has 0 bridgehead atoms. The summed E-state index contributed by atoms with van der Waals surface area (Å²) >= 11 is 0. The number of amides is 1. The number of fused-ring (bicyclic) bond motifs is 1. The fourth-order valence-electron chi connectivity index (χ4n) is 4.27. The zero-order valence-electron chi connectivity index (χ0n) is 12.0. The highest BCUT2D eigenvalue weighted by Crippen LogP contribution is 2.55. The first kappa shape index (κ1) is 12.4. The second-order valence-corrected chi connectivity index (χ2v) is 7.00. The summed E-state index contributed by atoms with van der Waals surface area (Å²) in [4.78, 5) is 12.4. The Balaban J connectivity index is 1.36. The largest absolute Gasteiger partial charge is 0.355 e. The maximum absolute atomic E-state index is 12.4. The number of rotatable bonds is 4. The first-order valence-electron chi connectivity index (χ1n) is 8.13. The van der Waals surface area contributed by atoms with E-state index in [0.29, 0.717) is 11.8 Å². The first-order valence-corrected chi connectivity index (χ1v) is 8.13. The van der Waals surface area contributed by atoms with Crippen LogP contribution in [0.3, 0.4) is 0 Å². The molecule has 0 aromatic heterocycles. The predicted molar refractivity (Wildman–Crippen MR) is 79.3 cm³/mol. The van der Waals surface area contributed by atoms with E-state index in [0.717, 1.165) is 18.4 Å². The fourth-order valence-corrected chi connectivity index (χ4v) is 4.27. The molecular formula is C18H23NO. The zero-order valence-corrected chi connectivity index (χ0v) is 12.0. The van der Waals surface area contributed by atoms with Crippen molar-refractivity contribution in [3.63, 3.8) is 0 Å². The zero-order chi connectivity index (χ0) is 13.6. The van der Waals surface area contributed by atoms with Crippen molar-refractivity contribution in [3.8, 4) is 0 Å². The Bertz CT molecular complexity index is 493. The van der Waals surface area contributed by atoms with E-state index in [1.807, 2.05) is 0 Å². The van der Waals surface area contributed by atoms with Crippen LogP contribution in [0, 0.1) is 17.8 Å². The van der Waals surface area contributed by atoms with E-state index < -0.39 is 0 Å². The molecule has 0 saturated heterocycles. The second kappa shape index (κ2) is 4.61. The molecule has 3 aliphatic carbocycles. The van der Waals surface area contributed by atoms with Crippen molar-refractivity contribution < 1.29 is 4.79 Å². The van der Waals surface area contributed by atoms with Gasteiger partial charge in [-0.15, -0.1) is 0 Å². The molecule has 0 radical (unpaired) electrons. The van der Waals surface area contributed by atoms with Crippen LogP contribution in [0.1, 0.15) is 44.1 Å². The Labute approximate surface area is 121 Å². The molecule has 2 atom stereocenters. The molecule has 4 rings (SSSR count). The summed E-state index contributed by atoms with van der Waals surface area (Å²) in [6.45, 7) is 0.839. The standard InChI is InChI=1S/C18H23NO/c20-17(16-14-8-4-5-9-15(14)16)19-12-18(10-11-18)13-6-2-1-3-7-13/h1-3,6-7,14-16H,4-5,8-12H2,(H,19,20)/t14-,15-/m1/s1. The molecule has 20 heavy (non-hydrogen) atoms. The summed E-state index contributed by atoms with van der Waals surface area (Å²) < 4.78 is 0. The van der Waals surface area contributed by atoms with E-state index in [1.54, 1.807) is 0 Å². The molecular weight excluding hydrogens is 246 g/mol.